The lowest BCUT2D eigenvalue weighted by Crippen LogP contribution is -2.13. The molecule has 1 aromatic carbocycles. The van der Waals surface area contributed by atoms with Crippen LogP contribution in [0.5, 0.6) is 5.75 Å². The molecule has 1 N–H and O–H groups in total. The highest BCUT2D eigenvalue weighted by molar-refractivity contribution is 6.30. The van der Waals surface area contributed by atoms with Crippen LogP contribution in [0.15, 0.2) is 18.2 Å². The van der Waals surface area contributed by atoms with Crippen molar-refractivity contribution in [3.63, 3.8) is 0 Å². The molecule has 2 nitrogen and oxygen atoms in total. The highest BCUT2D eigenvalue weighted by Crippen LogP contribution is 2.29. The van der Waals surface area contributed by atoms with Crippen LogP contribution in [0.4, 0.5) is 13.2 Å². The maximum absolute atomic E-state index is 11.9. The normalized spacial score (nSPS) is 13.5. The van der Waals surface area contributed by atoms with Gasteiger partial charge in [-0.15, -0.1) is 0 Å². The maximum atomic E-state index is 11.9. The number of halogens is 4. The SMILES string of the molecule is C[C@H](O)c1cc(Cl)ccc1OCCC(F)(F)F. The molecule has 96 valence electrons. The van der Waals surface area contributed by atoms with E-state index in [9.17, 15) is 18.3 Å². The summed E-state index contributed by atoms with van der Waals surface area (Å²) in [5.41, 5.74) is 0.375. The predicted octanol–water partition coefficient (Wildman–Crippen LogP) is 3.72. The number of benzene rings is 1. The third-order valence-electron chi connectivity index (χ3n) is 2.07. The number of hydrogen-bond acceptors (Lipinski definition) is 2. The summed E-state index contributed by atoms with van der Waals surface area (Å²) < 4.78 is 40.8. The van der Waals surface area contributed by atoms with Gasteiger partial charge < -0.3 is 9.84 Å². The summed E-state index contributed by atoms with van der Waals surface area (Å²) in [6.45, 7) is 1.01. The molecule has 0 bridgehead atoms. The zero-order valence-corrected chi connectivity index (χ0v) is 9.85. The average Bonchev–Trinajstić information content (AvgIpc) is 2.18. The Morgan fingerprint density at radius 2 is 2.06 bits per heavy atom. The largest absolute Gasteiger partial charge is 0.493 e. The Bertz CT molecular complexity index is 377. The van der Waals surface area contributed by atoms with E-state index < -0.39 is 25.3 Å². The fraction of sp³-hybridized carbons (Fsp3) is 0.455. The molecule has 0 spiro atoms. The topological polar surface area (TPSA) is 29.5 Å². The summed E-state index contributed by atoms with van der Waals surface area (Å²) in [7, 11) is 0. The standard InChI is InChI=1S/C11H12ClF3O2/c1-7(16)9-6-8(12)2-3-10(9)17-5-4-11(13,14)15/h2-3,6-7,16H,4-5H2,1H3/t7-/m0/s1. The predicted molar refractivity (Wildman–Crippen MR) is 58.3 cm³/mol. The Morgan fingerprint density at radius 3 is 2.59 bits per heavy atom. The minimum absolute atomic E-state index is 0.216. The zero-order chi connectivity index (χ0) is 13.1. The van der Waals surface area contributed by atoms with Crippen LogP contribution >= 0.6 is 11.6 Å². The first kappa shape index (κ1) is 14.1. The van der Waals surface area contributed by atoms with Gasteiger partial charge in [0, 0.05) is 10.6 Å². The van der Waals surface area contributed by atoms with Crippen LogP contribution in [-0.2, 0) is 0 Å². The highest BCUT2D eigenvalue weighted by Gasteiger charge is 2.27. The van der Waals surface area contributed by atoms with Gasteiger partial charge in [-0.2, -0.15) is 13.2 Å². The van der Waals surface area contributed by atoms with Gasteiger partial charge in [0.05, 0.1) is 19.1 Å². The van der Waals surface area contributed by atoms with Crippen molar-refractivity contribution >= 4 is 11.6 Å². The molecule has 0 unspecified atom stereocenters. The summed E-state index contributed by atoms with van der Waals surface area (Å²) in [4.78, 5) is 0. The van der Waals surface area contributed by atoms with Gasteiger partial charge in [-0.1, -0.05) is 11.6 Å². The van der Waals surface area contributed by atoms with E-state index >= 15 is 0 Å². The molecule has 0 aromatic heterocycles. The zero-order valence-electron chi connectivity index (χ0n) is 9.09. The van der Waals surface area contributed by atoms with Gasteiger partial charge >= 0.3 is 6.18 Å². The van der Waals surface area contributed by atoms with Gasteiger partial charge in [-0.3, -0.25) is 0 Å². The van der Waals surface area contributed by atoms with E-state index in [1.807, 2.05) is 0 Å². The Morgan fingerprint density at radius 1 is 1.41 bits per heavy atom. The molecule has 0 amide bonds. The Hall–Kier alpha value is -0.940. The number of aliphatic hydroxyl groups excluding tert-OH is 1. The summed E-state index contributed by atoms with van der Waals surface area (Å²) in [5, 5.41) is 9.82. The lowest BCUT2D eigenvalue weighted by Gasteiger charge is -2.14. The molecule has 0 fully saturated rings. The minimum atomic E-state index is -4.25. The number of alkyl halides is 3. The molecule has 0 radical (unpaired) electrons. The second kappa shape index (κ2) is 5.60. The molecule has 0 saturated heterocycles. The second-order valence-corrected chi connectivity index (χ2v) is 4.01. The second-order valence-electron chi connectivity index (χ2n) is 3.57. The molecule has 1 atom stereocenters. The van der Waals surface area contributed by atoms with Crippen molar-refractivity contribution in [1.82, 2.24) is 0 Å². The van der Waals surface area contributed by atoms with Crippen molar-refractivity contribution in [2.45, 2.75) is 25.6 Å². The minimum Gasteiger partial charge on any atom is -0.493 e. The number of rotatable bonds is 4. The van der Waals surface area contributed by atoms with Crippen LogP contribution in [0.2, 0.25) is 5.02 Å². The van der Waals surface area contributed by atoms with Crippen molar-refractivity contribution in [2.24, 2.45) is 0 Å². The molecule has 17 heavy (non-hydrogen) atoms. The number of hydrogen-bond donors (Lipinski definition) is 1. The number of ether oxygens (including phenoxy) is 1. The molecular formula is C11H12ClF3O2. The van der Waals surface area contributed by atoms with Crippen LogP contribution in [0.25, 0.3) is 0 Å². The number of aliphatic hydroxyl groups is 1. The van der Waals surface area contributed by atoms with E-state index in [1.165, 1.54) is 25.1 Å². The first-order chi connectivity index (χ1) is 7.79. The van der Waals surface area contributed by atoms with Crippen molar-refractivity contribution in [3.8, 4) is 5.75 Å². The summed E-state index contributed by atoms with van der Waals surface area (Å²) in [6, 6.07) is 4.41. The molecule has 6 heteroatoms. The first-order valence-corrected chi connectivity index (χ1v) is 5.34. The quantitative estimate of drug-likeness (QED) is 0.902. The average molecular weight is 269 g/mol. The van der Waals surface area contributed by atoms with Crippen LogP contribution in [0.1, 0.15) is 25.0 Å². The van der Waals surface area contributed by atoms with Crippen molar-refractivity contribution in [3.05, 3.63) is 28.8 Å². The molecule has 0 aliphatic carbocycles. The van der Waals surface area contributed by atoms with Crippen molar-refractivity contribution in [1.29, 1.82) is 0 Å². The monoisotopic (exact) mass is 268 g/mol. The summed E-state index contributed by atoms with van der Waals surface area (Å²) >= 11 is 5.72. The van der Waals surface area contributed by atoms with Crippen molar-refractivity contribution in [2.75, 3.05) is 6.61 Å². The van der Waals surface area contributed by atoms with Crippen LogP contribution in [0.3, 0.4) is 0 Å². The maximum Gasteiger partial charge on any atom is 0.392 e. The van der Waals surface area contributed by atoms with Gasteiger partial charge in [0.1, 0.15) is 5.75 Å². The van der Waals surface area contributed by atoms with Crippen molar-refractivity contribution < 1.29 is 23.0 Å². The van der Waals surface area contributed by atoms with E-state index in [0.717, 1.165) is 0 Å². The molecule has 0 aliphatic rings. The Kier molecular flexibility index (Phi) is 4.65. The van der Waals surface area contributed by atoms with Gasteiger partial charge in [-0.25, -0.2) is 0 Å². The Labute approximate surface area is 102 Å². The van der Waals surface area contributed by atoms with Crippen LogP contribution in [0, 0.1) is 0 Å². The molecule has 0 aliphatic heterocycles. The molecular weight excluding hydrogens is 257 g/mol. The lowest BCUT2D eigenvalue weighted by atomic mass is 10.1. The summed E-state index contributed by atoms with van der Waals surface area (Å²) in [6.07, 6.45) is -6.14. The van der Waals surface area contributed by atoms with Gasteiger partial charge in [0.2, 0.25) is 0 Å². The van der Waals surface area contributed by atoms with Crippen LogP contribution < -0.4 is 4.74 Å². The lowest BCUT2D eigenvalue weighted by molar-refractivity contribution is -0.139. The first-order valence-electron chi connectivity index (χ1n) is 4.96. The fourth-order valence-electron chi connectivity index (χ4n) is 1.25. The van der Waals surface area contributed by atoms with E-state index in [1.54, 1.807) is 0 Å². The molecule has 1 rings (SSSR count). The fourth-order valence-corrected chi connectivity index (χ4v) is 1.43. The van der Waals surface area contributed by atoms with Gasteiger partial charge in [-0.05, 0) is 25.1 Å². The molecule has 0 saturated carbocycles. The van der Waals surface area contributed by atoms with E-state index in [2.05, 4.69) is 0 Å². The van der Waals surface area contributed by atoms with Gasteiger partial charge in [0.25, 0.3) is 0 Å². The molecule has 0 heterocycles. The Balaban J connectivity index is 2.70. The third kappa shape index (κ3) is 4.83. The summed E-state index contributed by atoms with van der Waals surface area (Å²) in [5.74, 6) is 0.216. The smallest absolute Gasteiger partial charge is 0.392 e. The third-order valence-corrected chi connectivity index (χ3v) is 2.30. The van der Waals surface area contributed by atoms with E-state index in [0.29, 0.717) is 10.6 Å². The van der Waals surface area contributed by atoms with Crippen LogP contribution in [-0.4, -0.2) is 17.9 Å². The van der Waals surface area contributed by atoms with E-state index in [-0.39, 0.29) is 5.75 Å². The van der Waals surface area contributed by atoms with E-state index in [4.69, 9.17) is 16.3 Å². The molecule has 1 aromatic rings. The van der Waals surface area contributed by atoms with Gasteiger partial charge in [0.15, 0.2) is 0 Å². The highest BCUT2D eigenvalue weighted by atomic mass is 35.5.